The number of rotatable bonds is 6. The van der Waals surface area contributed by atoms with Gasteiger partial charge in [-0.05, 0) is 48.5 Å². The number of benzene rings is 2. The first-order valence-corrected chi connectivity index (χ1v) is 9.76. The first kappa shape index (κ1) is 17.2. The third-order valence-electron chi connectivity index (χ3n) is 2.53. The smallest absolute Gasteiger partial charge is 0.481 e. The largest absolute Gasteiger partial charge is 0.739 e. The molecule has 0 radical (unpaired) electrons. The van der Waals surface area contributed by atoms with E-state index in [0.717, 1.165) is 0 Å². The zero-order valence-electron chi connectivity index (χ0n) is 11.8. The molecular formula is C12H16N2O7Si2. The topological polar surface area (TPSA) is 161 Å². The molecule has 0 aliphatic carbocycles. The lowest BCUT2D eigenvalue weighted by Crippen LogP contribution is -2.59. The van der Waals surface area contributed by atoms with Crippen LogP contribution in [0.15, 0.2) is 48.5 Å². The summed E-state index contributed by atoms with van der Waals surface area (Å²) in [5.41, 5.74) is 11.9. The van der Waals surface area contributed by atoms with Crippen LogP contribution in [-0.2, 0) is 4.12 Å². The quantitative estimate of drug-likeness (QED) is 0.286. The molecule has 0 aliphatic heterocycles. The summed E-state index contributed by atoms with van der Waals surface area (Å²) in [4.78, 5) is 38.9. The molecule has 0 amide bonds. The lowest BCUT2D eigenvalue weighted by molar-refractivity contribution is 0.0525. The Morgan fingerprint density at radius 1 is 0.609 bits per heavy atom. The SMILES string of the molecule is Nc1ccc(O[Si](O)(O)O[Si](O)(O)Oc2ccc(N)cc2)cc1. The van der Waals surface area contributed by atoms with Crippen molar-refractivity contribution >= 4 is 29.5 Å². The summed E-state index contributed by atoms with van der Waals surface area (Å²) in [6, 6.07) is 11.3. The first-order valence-electron chi connectivity index (χ1n) is 6.34. The predicted molar refractivity (Wildman–Crippen MR) is 84.4 cm³/mol. The van der Waals surface area contributed by atoms with Crippen molar-refractivity contribution in [2.24, 2.45) is 0 Å². The minimum atomic E-state index is -4.89. The number of hydrogen-bond donors (Lipinski definition) is 6. The van der Waals surface area contributed by atoms with Crippen molar-refractivity contribution in [3.05, 3.63) is 48.5 Å². The molecule has 0 aliphatic rings. The fraction of sp³-hybridized carbons (Fsp3) is 0. The highest BCUT2D eigenvalue weighted by molar-refractivity contribution is 6.66. The van der Waals surface area contributed by atoms with Gasteiger partial charge in [0.15, 0.2) is 0 Å². The lowest BCUT2D eigenvalue weighted by atomic mass is 10.3. The second-order valence-electron chi connectivity index (χ2n) is 4.54. The van der Waals surface area contributed by atoms with Crippen LogP contribution in [0.1, 0.15) is 0 Å². The lowest BCUT2D eigenvalue weighted by Gasteiger charge is -2.24. The van der Waals surface area contributed by atoms with E-state index in [1.165, 1.54) is 48.5 Å². The molecule has 0 saturated heterocycles. The van der Waals surface area contributed by atoms with Crippen molar-refractivity contribution in [1.29, 1.82) is 0 Å². The fourth-order valence-electron chi connectivity index (χ4n) is 1.59. The summed E-state index contributed by atoms with van der Waals surface area (Å²) < 4.78 is 14.2. The van der Waals surface area contributed by atoms with Crippen LogP contribution in [0.2, 0.25) is 0 Å². The van der Waals surface area contributed by atoms with Crippen LogP contribution in [0.5, 0.6) is 11.5 Å². The Morgan fingerprint density at radius 3 is 1.22 bits per heavy atom. The van der Waals surface area contributed by atoms with Gasteiger partial charge < -0.3 is 43.6 Å². The van der Waals surface area contributed by atoms with E-state index in [-0.39, 0.29) is 11.5 Å². The van der Waals surface area contributed by atoms with E-state index in [1.54, 1.807) is 0 Å². The Kier molecular flexibility index (Phi) is 4.91. The van der Waals surface area contributed by atoms with E-state index in [9.17, 15) is 19.2 Å². The van der Waals surface area contributed by atoms with Crippen LogP contribution in [0.3, 0.4) is 0 Å². The highest BCUT2D eigenvalue weighted by Gasteiger charge is 2.54. The molecule has 2 aromatic rings. The van der Waals surface area contributed by atoms with Crippen LogP contribution in [0.4, 0.5) is 11.4 Å². The van der Waals surface area contributed by atoms with Crippen LogP contribution in [-0.4, -0.2) is 37.3 Å². The van der Waals surface area contributed by atoms with Crippen LogP contribution >= 0.6 is 0 Å². The van der Waals surface area contributed by atoms with E-state index in [2.05, 4.69) is 4.12 Å². The maximum atomic E-state index is 9.73. The maximum Gasteiger partial charge on any atom is 0.739 e. The number of nitrogen functional groups attached to an aromatic ring is 2. The Bertz CT molecular complexity index is 592. The molecular weight excluding hydrogens is 340 g/mol. The van der Waals surface area contributed by atoms with Crippen molar-refractivity contribution in [2.75, 3.05) is 11.5 Å². The van der Waals surface area contributed by atoms with Crippen LogP contribution in [0, 0.1) is 0 Å². The van der Waals surface area contributed by atoms with Crippen molar-refractivity contribution in [1.82, 2.24) is 0 Å². The molecule has 0 unspecified atom stereocenters. The molecule has 0 spiro atoms. The Balaban J connectivity index is 2.02. The van der Waals surface area contributed by atoms with Crippen molar-refractivity contribution < 1.29 is 32.1 Å². The average molecular weight is 356 g/mol. The van der Waals surface area contributed by atoms with Crippen molar-refractivity contribution in [2.45, 2.75) is 0 Å². The van der Waals surface area contributed by atoms with Gasteiger partial charge in [-0.25, -0.2) is 0 Å². The van der Waals surface area contributed by atoms with Gasteiger partial charge in [-0.15, -0.1) is 0 Å². The second kappa shape index (κ2) is 6.55. The molecule has 0 bridgehead atoms. The van der Waals surface area contributed by atoms with Crippen LogP contribution < -0.4 is 20.3 Å². The first-order chi connectivity index (χ1) is 10.7. The molecule has 0 aromatic heterocycles. The molecule has 0 saturated carbocycles. The third kappa shape index (κ3) is 5.53. The third-order valence-corrected chi connectivity index (χ3v) is 5.66. The molecule has 2 aromatic carbocycles. The summed E-state index contributed by atoms with van der Waals surface area (Å²) >= 11 is 0. The van der Waals surface area contributed by atoms with Gasteiger partial charge >= 0.3 is 18.1 Å². The number of anilines is 2. The molecule has 2 rings (SSSR count). The molecule has 0 fully saturated rings. The van der Waals surface area contributed by atoms with Crippen LogP contribution in [0.25, 0.3) is 0 Å². The standard InChI is InChI=1S/C12H16N2O7Si2/c13-9-1-5-11(6-2-9)19-22(15,16)21-23(17,18)20-12-7-3-10(14)4-8-12/h1-8,15-18H,13-14H2. The number of hydrogen-bond acceptors (Lipinski definition) is 9. The van der Waals surface area contributed by atoms with Gasteiger partial charge in [0.25, 0.3) is 0 Å². The minimum absolute atomic E-state index is 0.0353. The molecule has 23 heavy (non-hydrogen) atoms. The Morgan fingerprint density at radius 2 is 0.913 bits per heavy atom. The zero-order valence-corrected chi connectivity index (χ0v) is 13.8. The van der Waals surface area contributed by atoms with Gasteiger partial charge in [-0.2, -0.15) is 0 Å². The summed E-state index contributed by atoms with van der Waals surface area (Å²) in [5.74, 6) is 0.0707. The van der Waals surface area contributed by atoms with E-state index in [0.29, 0.717) is 11.4 Å². The summed E-state index contributed by atoms with van der Waals surface area (Å²) in [6.07, 6.45) is 0. The zero-order chi connectivity index (χ0) is 17.1. The van der Waals surface area contributed by atoms with Gasteiger partial charge in [0.2, 0.25) is 0 Å². The second-order valence-corrected chi connectivity index (χ2v) is 7.96. The summed E-state index contributed by atoms with van der Waals surface area (Å²) in [5, 5.41) is 0. The Hall–Kier alpha value is -2.13. The van der Waals surface area contributed by atoms with Gasteiger partial charge in [0.05, 0.1) is 0 Å². The molecule has 124 valence electrons. The van der Waals surface area contributed by atoms with Crippen molar-refractivity contribution in [3.63, 3.8) is 0 Å². The summed E-state index contributed by atoms with van der Waals surface area (Å²) in [6.45, 7) is 0. The van der Waals surface area contributed by atoms with Gasteiger partial charge in [0.1, 0.15) is 11.5 Å². The van der Waals surface area contributed by atoms with E-state index in [4.69, 9.17) is 20.3 Å². The van der Waals surface area contributed by atoms with Crippen molar-refractivity contribution in [3.8, 4) is 11.5 Å². The normalized spacial score (nSPS) is 12.0. The van der Waals surface area contributed by atoms with Gasteiger partial charge in [0, 0.05) is 11.4 Å². The average Bonchev–Trinajstić information content (AvgIpc) is 2.42. The maximum absolute atomic E-state index is 9.73. The minimum Gasteiger partial charge on any atom is -0.481 e. The summed E-state index contributed by atoms with van der Waals surface area (Å²) in [7, 11) is -9.78. The highest BCUT2D eigenvalue weighted by Crippen LogP contribution is 2.20. The van der Waals surface area contributed by atoms with E-state index in [1.807, 2.05) is 0 Å². The monoisotopic (exact) mass is 356 g/mol. The van der Waals surface area contributed by atoms with Gasteiger partial charge in [-0.1, -0.05) is 0 Å². The Labute approximate surface area is 133 Å². The molecule has 0 atom stereocenters. The fourth-order valence-corrected chi connectivity index (χ4v) is 4.20. The van der Waals surface area contributed by atoms with E-state index >= 15 is 0 Å². The molecule has 11 heteroatoms. The molecule has 9 nitrogen and oxygen atoms in total. The highest BCUT2D eigenvalue weighted by atomic mass is 28.5. The molecule has 8 N–H and O–H groups in total. The van der Waals surface area contributed by atoms with E-state index < -0.39 is 18.1 Å². The van der Waals surface area contributed by atoms with Gasteiger partial charge in [-0.3, -0.25) is 0 Å². The molecule has 0 heterocycles. The number of nitrogens with two attached hydrogens (primary N) is 2. The predicted octanol–water partition coefficient (Wildman–Crippen LogP) is -0.834.